The average molecular weight is 1160 g/mol. The molecule has 0 N–H and O–H groups in total. The van der Waals surface area contributed by atoms with Crippen molar-refractivity contribution in [2.75, 3.05) is 0 Å². The molecule has 0 saturated heterocycles. The van der Waals surface area contributed by atoms with E-state index in [4.69, 9.17) is 0 Å². The Balaban J connectivity index is 0.000000165. The summed E-state index contributed by atoms with van der Waals surface area (Å²) in [7, 11) is 0. The molecule has 0 heterocycles. The van der Waals surface area contributed by atoms with Gasteiger partial charge >= 0.3 is 198 Å². The van der Waals surface area contributed by atoms with E-state index in [0.717, 1.165) is 12.8 Å². The molecular weight excluding hydrogens is 1090 g/mol. The van der Waals surface area contributed by atoms with E-state index in [-0.39, 0.29) is 24.8 Å². The van der Waals surface area contributed by atoms with Crippen LogP contribution < -0.4 is 24.8 Å². The largest absolute Gasteiger partial charge is 0.126 e. The third kappa shape index (κ3) is 17.3. The van der Waals surface area contributed by atoms with Gasteiger partial charge in [0.25, 0.3) is 0 Å². The van der Waals surface area contributed by atoms with E-state index in [1.807, 2.05) is 0 Å². The molecule has 0 saturated carbocycles. The zero-order valence-electron chi connectivity index (χ0n) is 43.4. The van der Waals surface area contributed by atoms with Crippen LogP contribution >= 0.6 is 0 Å². The second kappa shape index (κ2) is 29.6. The first-order chi connectivity index (χ1) is 34.9. The first-order valence-electron chi connectivity index (χ1n) is 24.9. The molecule has 0 fully saturated rings. The summed E-state index contributed by atoms with van der Waals surface area (Å²) in [6.45, 7) is 13.3. The van der Waals surface area contributed by atoms with Crippen LogP contribution in [0.2, 0.25) is 0 Å². The van der Waals surface area contributed by atoms with Gasteiger partial charge in [-0.05, 0) is 0 Å². The van der Waals surface area contributed by atoms with Crippen LogP contribution in [0.15, 0.2) is 266 Å². The molecule has 0 radical (unpaired) electrons. The normalized spacial score (nSPS) is 12.1. The Kier molecular flexibility index (Phi) is 23.8. The minimum atomic E-state index is 0. The van der Waals surface area contributed by atoms with Gasteiger partial charge in [-0.3, -0.25) is 12.2 Å². The van der Waals surface area contributed by atoms with Gasteiger partial charge in [0, 0.05) is 0 Å². The van der Waals surface area contributed by atoms with E-state index in [9.17, 15) is 0 Å². The summed E-state index contributed by atoms with van der Waals surface area (Å²) in [6, 6.07) is 80.8. The molecule has 4 heteroatoms. The number of halogens is 2. The molecule has 2 aliphatic carbocycles. The van der Waals surface area contributed by atoms with Crippen LogP contribution in [0, 0.1) is 23.0 Å². The molecule has 0 nitrogen and oxygen atoms in total. The van der Waals surface area contributed by atoms with Gasteiger partial charge < -0.3 is 24.8 Å². The smallest absolute Gasteiger partial charge is 0.0771 e. The molecule has 0 spiro atoms. The van der Waals surface area contributed by atoms with Crippen molar-refractivity contribution in [1.82, 2.24) is 0 Å². The summed E-state index contributed by atoms with van der Waals surface area (Å²) in [5, 5.41) is 10.8. The molecule has 368 valence electrons. The van der Waals surface area contributed by atoms with Crippen LogP contribution in [-0.2, 0) is 48.5 Å². The molecule has 74 heavy (non-hydrogen) atoms. The van der Waals surface area contributed by atoms with Crippen LogP contribution in [-0.4, -0.2) is 6.41 Å². The maximum Gasteiger partial charge on any atom is -0.0771 e. The Bertz CT molecular complexity index is 3010. The molecule has 0 amide bonds. The monoisotopic (exact) mass is 1150 g/mol. The van der Waals surface area contributed by atoms with Gasteiger partial charge in [-0.15, -0.1) is 92.3 Å². The molecule has 0 bridgehead atoms. The van der Waals surface area contributed by atoms with Crippen molar-refractivity contribution in [3.05, 3.63) is 300 Å². The van der Waals surface area contributed by atoms with Crippen molar-refractivity contribution in [2.24, 2.45) is 10.8 Å². The minimum absolute atomic E-state index is 0. The van der Waals surface area contributed by atoms with E-state index in [2.05, 4.69) is 309 Å². The molecule has 10 aromatic carbocycles. The number of benzene rings is 8. The molecule has 12 rings (SSSR count). The fraction of sp³-hybridized carbons (Fsp3) is 0.143. The topological polar surface area (TPSA) is 0 Å². The Hall–Kier alpha value is -5.45. The Morgan fingerprint density at radius 1 is 0.338 bits per heavy atom. The minimum Gasteiger partial charge on any atom is -0.126 e. The van der Waals surface area contributed by atoms with Crippen LogP contribution in [0.1, 0.15) is 76.6 Å². The van der Waals surface area contributed by atoms with Crippen LogP contribution in [0.4, 0.5) is 0 Å². The third-order valence-corrected chi connectivity index (χ3v) is 15.3. The molecule has 0 unspecified atom stereocenters. The number of allylic oxidation sites excluding steroid dienone is 8. The van der Waals surface area contributed by atoms with Gasteiger partial charge in [-0.2, -0.15) is 23.3 Å². The van der Waals surface area contributed by atoms with Crippen LogP contribution in [0.25, 0.3) is 43.1 Å². The molecule has 0 aliphatic heterocycles. The first-order valence-corrected chi connectivity index (χ1v) is 27.3. The summed E-state index contributed by atoms with van der Waals surface area (Å²) in [6.07, 6.45) is 17.0. The van der Waals surface area contributed by atoms with E-state index >= 15 is 0 Å². The standard InChI is InChI=1S/2C13H9.2C13H10.2C9H13.2ClH.2Zr/c2*1-3-7-12-10(5-1)9-11-6-2-4-8-13(11)12;2*1-3-7-12(8-4-1)11-13-9-5-2-6-10-13;2*1-9(2,3)8-6-4-5-7-8;;;;/h2*1-9H;2*1-10H;2*6-7H,4H2,1-3H3;2*1H;;/q2*-1;;;2*-1;;;2*+2/p-2. The van der Waals surface area contributed by atoms with Gasteiger partial charge in [0.2, 0.25) is 0 Å². The zero-order valence-corrected chi connectivity index (χ0v) is 49.8. The number of rotatable bonds is 4. The quantitative estimate of drug-likeness (QED) is 0.154. The number of hydrogen-bond acceptors (Lipinski definition) is 0. The molecule has 2 aliphatic rings. The predicted molar refractivity (Wildman–Crippen MR) is 306 cm³/mol. The fourth-order valence-electron chi connectivity index (χ4n) is 8.40. The predicted octanol–water partition coefficient (Wildman–Crippen LogP) is 12.5. The van der Waals surface area contributed by atoms with Crippen LogP contribution in [0.3, 0.4) is 0 Å². The van der Waals surface area contributed by atoms with E-state index in [1.165, 1.54) is 131 Å². The Morgan fingerprint density at radius 3 is 0.743 bits per heavy atom. The van der Waals surface area contributed by atoms with E-state index < -0.39 is 0 Å². The van der Waals surface area contributed by atoms with Crippen molar-refractivity contribution in [1.29, 1.82) is 0 Å². The van der Waals surface area contributed by atoms with Gasteiger partial charge in [0.1, 0.15) is 0 Å². The van der Waals surface area contributed by atoms with Crippen molar-refractivity contribution >= 4 is 49.5 Å². The second-order valence-electron chi connectivity index (χ2n) is 19.8. The Morgan fingerprint density at radius 2 is 0.554 bits per heavy atom. The van der Waals surface area contributed by atoms with E-state index in [1.54, 1.807) is 0 Å². The van der Waals surface area contributed by atoms with Gasteiger partial charge in [-0.1, -0.05) is 125 Å². The summed E-state index contributed by atoms with van der Waals surface area (Å²) in [4.78, 5) is 0. The maximum absolute atomic E-state index is 3.16. The summed E-state index contributed by atoms with van der Waals surface area (Å²) < 4.78 is 2.83. The van der Waals surface area contributed by atoms with Crippen LogP contribution in [0.5, 0.6) is 0 Å². The Labute approximate surface area is 483 Å². The third-order valence-electron chi connectivity index (χ3n) is 12.4. The summed E-state index contributed by atoms with van der Waals surface area (Å²) >= 11 is 2.92. The van der Waals surface area contributed by atoms with Crippen molar-refractivity contribution in [2.45, 2.75) is 54.4 Å². The number of hydrogen-bond donors (Lipinski definition) is 0. The van der Waals surface area contributed by atoms with Gasteiger partial charge in [0.15, 0.2) is 0 Å². The SMILES string of the molecule is CC(C)(C)C1=CC[C-]=C1.CC(C)(C)C1=CC[C-]=C1.[Cl-].[Cl-].[Zr+2]=[C](c1ccccc1)c1ccccc1.[Zr+2]=[C](c1ccccc1)c1ccccc1.c1ccc2c(c1)[cH-]c1ccccc12.c1ccc2c(c1)[cH-]c1ccccc12. The van der Waals surface area contributed by atoms with Crippen molar-refractivity contribution in [3.63, 3.8) is 0 Å². The summed E-state index contributed by atoms with van der Waals surface area (Å²) in [5.41, 5.74) is 8.81. The second-order valence-corrected chi connectivity index (χ2v) is 22.2. The molecular formula is C70H64Cl2Zr2-2. The zero-order chi connectivity index (χ0) is 50.8. The number of fused-ring (bicyclic) bond motifs is 6. The van der Waals surface area contributed by atoms with Crippen molar-refractivity contribution in [3.8, 4) is 0 Å². The van der Waals surface area contributed by atoms with Gasteiger partial charge in [0.05, 0.1) is 0 Å². The van der Waals surface area contributed by atoms with Gasteiger partial charge in [-0.25, -0.2) is 12.2 Å². The molecule has 0 aromatic heterocycles. The van der Waals surface area contributed by atoms with E-state index in [0.29, 0.717) is 10.8 Å². The van der Waals surface area contributed by atoms with Crippen molar-refractivity contribution < 1.29 is 73.3 Å². The fourth-order valence-corrected chi connectivity index (χ4v) is 10.0. The maximum atomic E-state index is 3.16. The first kappa shape index (κ1) is 59.4. The average Bonchev–Trinajstić information content (AvgIpc) is 4.28. The molecule has 10 aromatic rings. The molecule has 0 atom stereocenters. The summed E-state index contributed by atoms with van der Waals surface area (Å²) in [5.74, 6) is 0.